The van der Waals surface area contributed by atoms with Gasteiger partial charge in [0.2, 0.25) is 5.91 Å². The molecule has 6 nitrogen and oxygen atoms in total. The highest BCUT2D eigenvalue weighted by molar-refractivity contribution is 6.31. The number of amides is 2. The first-order valence-electron chi connectivity index (χ1n) is 7.19. The highest BCUT2D eigenvalue weighted by Crippen LogP contribution is 2.32. The first kappa shape index (κ1) is 17.0. The van der Waals surface area contributed by atoms with Crippen molar-refractivity contribution in [3.63, 3.8) is 0 Å². The topological polar surface area (TPSA) is 95.5 Å². The lowest BCUT2D eigenvalue weighted by atomic mass is 10.1. The number of anilines is 1. The second-order valence-electron chi connectivity index (χ2n) is 5.45. The van der Waals surface area contributed by atoms with Gasteiger partial charge in [-0.1, -0.05) is 11.6 Å². The predicted molar refractivity (Wildman–Crippen MR) is 86.5 cm³/mol. The van der Waals surface area contributed by atoms with Crippen molar-refractivity contribution in [3.05, 3.63) is 40.9 Å². The number of aliphatic carboxylic acids is 1. The first-order chi connectivity index (χ1) is 10.9. The van der Waals surface area contributed by atoms with E-state index in [1.54, 1.807) is 6.07 Å². The molecule has 3 N–H and O–H groups in total. The van der Waals surface area contributed by atoms with Crippen LogP contribution in [-0.4, -0.2) is 28.9 Å². The molecule has 0 bridgehead atoms. The summed E-state index contributed by atoms with van der Waals surface area (Å²) in [5.74, 6) is -1.70. The van der Waals surface area contributed by atoms with Crippen molar-refractivity contribution in [2.24, 2.45) is 5.92 Å². The van der Waals surface area contributed by atoms with Crippen LogP contribution in [0.5, 0.6) is 0 Å². The van der Waals surface area contributed by atoms with Gasteiger partial charge in [0, 0.05) is 23.2 Å². The molecule has 23 heavy (non-hydrogen) atoms. The molecular weight excluding hydrogens is 320 g/mol. The molecule has 122 valence electrons. The van der Waals surface area contributed by atoms with Gasteiger partial charge in [-0.3, -0.25) is 9.59 Å². The highest BCUT2D eigenvalue weighted by Gasteiger charge is 2.29. The van der Waals surface area contributed by atoms with Crippen LogP contribution in [0.15, 0.2) is 30.4 Å². The van der Waals surface area contributed by atoms with E-state index in [1.807, 2.05) is 6.92 Å². The molecular formula is C16H17ClN2O4. The number of hydrogen-bond donors (Lipinski definition) is 3. The Hall–Kier alpha value is -2.34. The predicted octanol–water partition coefficient (Wildman–Crippen LogP) is 2.45. The minimum atomic E-state index is -1.23. The molecule has 2 rings (SSSR count). The number of rotatable bonds is 6. The number of hydrogen-bond acceptors (Lipinski definition) is 3. The number of carboxylic acid groups (broad SMARTS) is 1. The van der Waals surface area contributed by atoms with E-state index >= 15 is 0 Å². The molecule has 0 spiro atoms. The lowest BCUT2D eigenvalue weighted by Crippen LogP contribution is -2.34. The molecule has 7 heteroatoms. The second-order valence-corrected chi connectivity index (χ2v) is 5.89. The normalized spacial score (nSPS) is 15.2. The minimum absolute atomic E-state index is 0.0527. The lowest BCUT2D eigenvalue weighted by molar-refractivity contribution is -0.131. The summed E-state index contributed by atoms with van der Waals surface area (Å²) in [6.07, 6.45) is 3.80. The Balaban J connectivity index is 2.14. The van der Waals surface area contributed by atoms with Crippen LogP contribution in [-0.2, 0) is 9.59 Å². The fourth-order valence-electron chi connectivity index (χ4n) is 2.13. The van der Waals surface area contributed by atoms with Gasteiger partial charge in [-0.25, -0.2) is 4.79 Å². The summed E-state index contributed by atoms with van der Waals surface area (Å²) in [6, 6.07) is 4.56. The van der Waals surface area contributed by atoms with Gasteiger partial charge in [-0.2, -0.15) is 0 Å². The van der Waals surface area contributed by atoms with Gasteiger partial charge in [-0.15, -0.1) is 0 Å². The van der Waals surface area contributed by atoms with Crippen LogP contribution in [0.1, 0.15) is 30.1 Å². The lowest BCUT2D eigenvalue weighted by Gasteiger charge is -2.15. The molecule has 0 saturated heterocycles. The van der Waals surface area contributed by atoms with Crippen molar-refractivity contribution in [2.75, 3.05) is 5.32 Å². The average Bonchev–Trinajstić information content (AvgIpc) is 3.31. The number of carbonyl (C=O) groups excluding carboxylic acids is 2. The van der Waals surface area contributed by atoms with Crippen molar-refractivity contribution in [1.82, 2.24) is 5.32 Å². The van der Waals surface area contributed by atoms with Crippen molar-refractivity contribution in [3.8, 4) is 0 Å². The number of carboxylic acids is 1. The third kappa shape index (κ3) is 5.10. The quantitative estimate of drug-likeness (QED) is 0.695. The Labute approximate surface area is 138 Å². The van der Waals surface area contributed by atoms with Gasteiger partial charge in [-0.05, 0) is 43.9 Å². The Morgan fingerprint density at radius 1 is 1.30 bits per heavy atom. The Bertz CT molecular complexity index is 668. The van der Waals surface area contributed by atoms with Crippen molar-refractivity contribution < 1.29 is 19.5 Å². The zero-order chi connectivity index (χ0) is 17.0. The zero-order valence-electron chi connectivity index (χ0n) is 12.5. The minimum Gasteiger partial charge on any atom is -0.478 e. The molecule has 0 heterocycles. The number of nitrogens with one attached hydrogen (secondary N) is 2. The van der Waals surface area contributed by atoms with E-state index in [1.165, 1.54) is 12.1 Å². The molecule has 2 amide bonds. The van der Waals surface area contributed by atoms with Crippen LogP contribution in [0, 0.1) is 5.92 Å². The molecule has 1 aliphatic carbocycles. The molecule has 1 aromatic rings. The molecule has 1 aromatic carbocycles. The largest absolute Gasteiger partial charge is 0.478 e. The van der Waals surface area contributed by atoms with Gasteiger partial charge in [0.25, 0.3) is 5.91 Å². The Kier molecular flexibility index (Phi) is 5.39. The van der Waals surface area contributed by atoms with E-state index in [-0.39, 0.29) is 23.2 Å². The third-order valence-electron chi connectivity index (χ3n) is 3.55. The van der Waals surface area contributed by atoms with Gasteiger partial charge in [0.15, 0.2) is 0 Å². The average molecular weight is 337 g/mol. The summed E-state index contributed by atoms with van der Waals surface area (Å²) < 4.78 is 0. The van der Waals surface area contributed by atoms with Crippen LogP contribution in [0.25, 0.3) is 0 Å². The van der Waals surface area contributed by atoms with Crippen LogP contribution >= 0.6 is 11.6 Å². The van der Waals surface area contributed by atoms with E-state index < -0.39 is 11.9 Å². The number of carbonyl (C=O) groups is 3. The van der Waals surface area contributed by atoms with Gasteiger partial charge < -0.3 is 15.7 Å². The van der Waals surface area contributed by atoms with Gasteiger partial charge in [0.1, 0.15) is 0 Å². The van der Waals surface area contributed by atoms with E-state index in [9.17, 15) is 14.4 Å². The number of benzene rings is 1. The SMILES string of the molecule is CC(NC(=O)c1cc(Cl)ccc1NC(=O)/C=C/C(=O)O)C1CC1. The summed E-state index contributed by atoms with van der Waals surface area (Å²) in [5.41, 5.74) is 0.511. The molecule has 1 atom stereocenters. The third-order valence-corrected chi connectivity index (χ3v) is 3.78. The maximum Gasteiger partial charge on any atom is 0.328 e. The first-order valence-corrected chi connectivity index (χ1v) is 7.57. The van der Waals surface area contributed by atoms with Crippen LogP contribution in [0.4, 0.5) is 5.69 Å². The summed E-state index contributed by atoms with van der Waals surface area (Å²) in [7, 11) is 0. The van der Waals surface area contributed by atoms with E-state index in [2.05, 4.69) is 10.6 Å². The standard InChI is InChI=1S/C16H17ClN2O4/c1-9(10-2-3-10)18-16(23)12-8-11(17)4-5-13(12)19-14(20)6-7-15(21)22/h4-10H,2-3H2,1H3,(H,18,23)(H,19,20)(H,21,22)/b7-6+. The summed E-state index contributed by atoms with van der Waals surface area (Å²) in [5, 5.41) is 14.3. The molecule has 0 aliphatic heterocycles. The van der Waals surface area contributed by atoms with Gasteiger partial charge in [0.05, 0.1) is 11.3 Å². The smallest absolute Gasteiger partial charge is 0.328 e. The summed E-state index contributed by atoms with van der Waals surface area (Å²) >= 11 is 5.93. The van der Waals surface area contributed by atoms with Crippen LogP contribution in [0.2, 0.25) is 5.02 Å². The summed E-state index contributed by atoms with van der Waals surface area (Å²) in [4.78, 5) is 34.5. The Morgan fingerprint density at radius 3 is 2.61 bits per heavy atom. The molecule has 0 radical (unpaired) electrons. The second kappa shape index (κ2) is 7.28. The monoisotopic (exact) mass is 336 g/mol. The fraction of sp³-hybridized carbons (Fsp3) is 0.312. The van der Waals surface area contributed by atoms with E-state index in [0.29, 0.717) is 10.9 Å². The molecule has 1 aliphatic rings. The fourth-order valence-corrected chi connectivity index (χ4v) is 2.31. The molecule has 1 unspecified atom stereocenters. The molecule has 0 aromatic heterocycles. The summed E-state index contributed by atoms with van der Waals surface area (Å²) in [6.45, 7) is 1.94. The number of halogens is 1. The molecule has 1 saturated carbocycles. The highest BCUT2D eigenvalue weighted by atomic mass is 35.5. The maximum absolute atomic E-state index is 12.4. The van der Waals surface area contributed by atoms with Crippen molar-refractivity contribution in [1.29, 1.82) is 0 Å². The van der Waals surface area contributed by atoms with Crippen molar-refractivity contribution in [2.45, 2.75) is 25.8 Å². The van der Waals surface area contributed by atoms with E-state index in [0.717, 1.165) is 25.0 Å². The van der Waals surface area contributed by atoms with E-state index in [4.69, 9.17) is 16.7 Å². The zero-order valence-corrected chi connectivity index (χ0v) is 13.3. The molecule has 1 fully saturated rings. The Morgan fingerprint density at radius 2 is 2.00 bits per heavy atom. The van der Waals surface area contributed by atoms with Crippen molar-refractivity contribution >= 4 is 35.1 Å². The van der Waals surface area contributed by atoms with Gasteiger partial charge >= 0.3 is 5.97 Å². The van der Waals surface area contributed by atoms with Crippen LogP contribution < -0.4 is 10.6 Å². The maximum atomic E-state index is 12.4. The van der Waals surface area contributed by atoms with Crippen LogP contribution in [0.3, 0.4) is 0 Å².